The number of pyridine rings is 1. The monoisotopic (exact) mass is 360 g/mol. The second-order valence-electron chi connectivity index (χ2n) is 6.76. The van der Waals surface area contributed by atoms with Gasteiger partial charge in [0.2, 0.25) is 0 Å². The number of halogens is 1. The topological polar surface area (TPSA) is 41.9 Å². The van der Waals surface area contributed by atoms with Crippen molar-refractivity contribution in [3.63, 3.8) is 0 Å². The van der Waals surface area contributed by atoms with E-state index in [9.17, 15) is 4.39 Å². The quantitative estimate of drug-likeness (QED) is 0.685. The van der Waals surface area contributed by atoms with E-state index < -0.39 is 0 Å². The third-order valence-corrected chi connectivity index (χ3v) is 5.01. The summed E-state index contributed by atoms with van der Waals surface area (Å²) < 4.78 is 13.2. The van der Waals surface area contributed by atoms with Gasteiger partial charge in [0, 0.05) is 42.3 Å². The summed E-state index contributed by atoms with van der Waals surface area (Å²) in [6.45, 7) is 5.73. The Bertz CT molecular complexity index is 981. The van der Waals surface area contributed by atoms with Gasteiger partial charge in [-0.15, -0.1) is 0 Å². The van der Waals surface area contributed by atoms with Crippen molar-refractivity contribution in [3.05, 3.63) is 77.5 Å². The smallest absolute Gasteiger partial charge is 0.163 e. The molecule has 0 radical (unpaired) electrons. The molecule has 27 heavy (non-hydrogen) atoms. The van der Waals surface area contributed by atoms with Crippen molar-refractivity contribution in [3.8, 4) is 11.4 Å². The van der Waals surface area contributed by atoms with E-state index in [2.05, 4.69) is 27.9 Å². The third-order valence-electron chi connectivity index (χ3n) is 5.01. The maximum Gasteiger partial charge on any atom is 0.163 e. The second-order valence-corrected chi connectivity index (χ2v) is 6.76. The maximum atomic E-state index is 13.2. The summed E-state index contributed by atoms with van der Waals surface area (Å²) in [7, 11) is 0. The summed E-state index contributed by atoms with van der Waals surface area (Å²) in [4.78, 5) is 15.9. The molecule has 4 rings (SSSR count). The lowest BCUT2D eigenvalue weighted by Crippen LogP contribution is -2.30. The predicted octanol–water partition coefficient (Wildman–Crippen LogP) is 4.59. The Morgan fingerprint density at radius 2 is 1.81 bits per heavy atom. The molecule has 0 spiro atoms. The van der Waals surface area contributed by atoms with Crippen LogP contribution in [0.4, 0.5) is 10.2 Å². The minimum atomic E-state index is -0.202. The molecule has 0 bridgehead atoms. The van der Waals surface area contributed by atoms with E-state index in [4.69, 9.17) is 4.98 Å². The summed E-state index contributed by atoms with van der Waals surface area (Å²) in [5.74, 6) is 1.47. The molecule has 0 amide bonds. The van der Waals surface area contributed by atoms with Crippen LogP contribution in [0, 0.1) is 19.7 Å². The lowest BCUT2D eigenvalue weighted by Gasteiger charge is -2.29. The molecule has 3 heterocycles. The molecule has 3 aromatic rings. The zero-order valence-electron chi connectivity index (χ0n) is 15.5. The van der Waals surface area contributed by atoms with Crippen LogP contribution in [-0.2, 0) is 0 Å². The van der Waals surface area contributed by atoms with Gasteiger partial charge >= 0.3 is 0 Å². The molecule has 0 aliphatic carbocycles. The van der Waals surface area contributed by atoms with Crippen molar-refractivity contribution in [2.45, 2.75) is 20.3 Å². The standard InChI is InChI=1S/C22H21FN4/c1-15-16(2)25-21(19-4-3-11-24-14-19)26-22(15)27-12-9-18(10-13-27)17-5-7-20(23)8-6-17/h3-9,11,14H,10,12-13H2,1-2H3. The van der Waals surface area contributed by atoms with Gasteiger partial charge in [-0.3, -0.25) is 4.98 Å². The van der Waals surface area contributed by atoms with Crippen molar-refractivity contribution < 1.29 is 4.39 Å². The minimum Gasteiger partial charge on any atom is -0.352 e. The molecule has 1 aromatic carbocycles. The maximum absolute atomic E-state index is 13.2. The van der Waals surface area contributed by atoms with E-state index in [0.717, 1.165) is 47.7 Å². The van der Waals surface area contributed by atoms with Crippen molar-refractivity contribution in [1.82, 2.24) is 15.0 Å². The SMILES string of the molecule is Cc1nc(-c2cccnc2)nc(N2CC=C(c3ccc(F)cc3)CC2)c1C. The van der Waals surface area contributed by atoms with Gasteiger partial charge in [-0.05, 0) is 55.7 Å². The minimum absolute atomic E-state index is 0.202. The van der Waals surface area contributed by atoms with E-state index in [-0.39, 0.29) is 5.82 Å². The number of hydrogen-bond acceptors (Lipinski definition) is 4. The van der Waals surface area contributed by atoms with Crippen LogP contribution in [0.3, 0.4) is 0 Å². The van der Waals surface area contributed by atoms with Crippen LogP contribution in [0.2, 0.25) is 0 Å². The number of nitrogens with zero attached hydrogens (tertiary/aromatic N) is 4. The van der Waals surface area contributed by atoms with Gasteiger partial charge in [0.25, 0.3) is 0 Å². The highest BCUT2D eigenvalue weighted by Crippen LogP contribution is 2.29. The Balaban J connectivity index is 1.62. The highest BCUT2D eigenvalue weighted by atomic mass is 19.1. The van der Waals surface area contributed by atoms with Crippen molar-refractivity contribution in [2.75, 3.05) is 18.0 Å². The van der Waals surface area contributed by atoms with Crippen LogP contribution in [0.1, 0.15) is 23.2 Å². The first kappa shape index (κ1) is 17.3. The molecular formula is C22H21FN4. The van der Waals surface area contributed by atoms with Crippen LogP contribution in [0.15, 0.2) is 54.9 Å². The first-order chi connectivity index (χ1) is 13.1. The van der Waals surface area contributed by atoms with E-state index in [1.807, 2.05) is 31.2 Å². The summed E-state index contributed by atoms with van der Waals surface area (Å²) in [6.07, 6.45) is 6.64. The average Bonchev–Trinajstić information content (AvgIpc) is 2.71. The Kier molecular flexibility index (Phi) is 4.67. The number of hydrogen-bond donors (Lipinski definition) is 0. The summed E-state index contributed by atoms with van der Waals surface area (Å²) in [5.41, 5.74) is 5.33. The number of aryl methyl sites for hydroxylation is 1. The molecule has 1 aliphatic heterocycles. The van der Waals surface area contributed by atoms with Gasteiger partial charge < -0.3 is 4.90 Å². The molecule has 4 nitrogen and oxygen atoms in total. The fourth-order valence-corrected chi connectivity index (χ4v) is 3.33. The fourth-order valence-electron chi connectivity index (χ4n) is 3.33. The Labute approximate surface area is 158 Å². The molecule has 1 aliphatic rings. The predicted molar refractivity (Wildman–Crippen MR) is 106 cm³/mol. The molecule has 0 atom stereocenters. The van der Waals surface area contributed by atoms with Gasteiger partial charge in [0.15, 0.2) is 5.82 Å². The first-order valence-corrected chi connectivity index (χ1v) is 9.07. The molecule has 0 N–H and O–H groups in total. The van der Waals surface area contributed by atoms with Crippen molar-refractivity contribution in [1.29, 1.82) is 0 Å². The number of rotatable bonds is 3. The Hall–Kier alpha value is -3.08. The number of aromatic nitrogens is 3. The summed E-state index contributed by atoms with van der Waals surface area (Å²) in [5, 5.41) is 0. The van der Waals surface area contributed by atoms with Crippen LogP contribution in [0.5, 0.6) is 0 Å². The number of benzene rings is 1. The average molecular weight is 360 g/mol. The fraction of sp³-hybridized carbons (Fsp3) is 0.227. The molecule has 2 aromatic heterocycles. The summed E-state index contributed by atoms with van der Waals surface area (Å²) in [6, 6.07) is 10.6. The van der Waals surface area contributed by atoms with Gasteiger partial charge in [-0.25, -0.2) is 14.4 Å². The zero-order valence-corrected chi connectivity index (χ0v) is 15.5. The van der Waals surface area contributed by atoms with Crippen molar-refractivity contribution >= 4 is 11.4 Å². The van der Waals surface area contributed by atoms with Crippen molar-refractivity contribution in [2.24, 2.45) is 0 Å². The molecule has 0 unspecified atom stereocenters. The van der Waals surface area contributed by atoms with Crippen LogP contribution in [-0.4, -0.2) is 28.0 Å². The van der Waals surface area contributed by atoms with Gasteiger partial charge in [-0.2, -0.15) is 0 Å². The van der Waals surface area contributed by atoms with E-state index >= 15 is 0 Å². The van der Waals surface area contributed by atoms with Gasteiger partial charge in [-0.1, -0.05) is 18.2 Å². The number of anilines is 1. The van der Waals surface area contributed by atoms with E-state index in [0.29, 0.717) is 5.82 Å². The summed E-state index contributed by atoms with van der Waals surface area (Å²) >= 11 is 0. The molecule has 5 heteroatoms. The Morgan fingerprint density at radius 3 is 2.48 bits per heavy atom. The zero-order chi connectivity index (χ0) is 18.8. The van der Waals surface area contributed by atoms with Crippen LogP contribution < -0.4 is 4.90 Å². The normalized spacial score (nSPS) is 14.2. The molecule has 0 saturated heterocycles. The molecule has 136 valence electrons. The third kappa shape index (κ3) is 3.58. The Morgan fingerprint density at radius 1 is 1.00 bits per heavy atom. The highest BCUT2D eigenvalue weighted by Gasteiger charge is 2.19. The first-order valence-electron chi connectivity index (χ1n) is 9.07. The van der Waals surface area contributed by atoms with Crippen LogP contribution in [0.25, 0.3) is 17.0 Å². The molecule has 0 fully saturated rings. The lowest BCUT2D eigenvalue weighted by molar-refractivity contribution is 0.627. The molecular weight excluding hydrogens is 339 g/mol. The molecule has 0 saturated carbocycles. The van der Waals surface area contributed by atoms with Gasteiger partial charge in [0.1, 0.15) is 11.6 Å². The lowest BCUT2D eigenvalue weighted by atomic mass is 9.99. The second kappa shape index (κ2) is 7.27. The van der Waals surface area contributed by atoms with E-state index in [1.54, 1.807) is 12.4 Å². The van der Waals surface area contributed by atoms with Gasteiger partial charge in [0.05, 0.1) is 0 Å². The van der Waals surface area contributed by atoms with Crippen LogP contribution >= 0.6 is 0 Å². The van der Waals surface area contributed by atoms with E-state index in [1.165, 1.54) is 17.7 Å². The highest BCUT2D eigenvalue weighted by molar-refractivity contribution is 5.69. The largest absolute Gasteiger partial charge is 0.352 e.